The van der Waals surface area contributed by atoms with Crippen LogP contribution in [-0.2, 0) is 0 Å². The summed E-state index contributed by atoms with van der Waals surface area (Å²) in [5, 5.41) is 4.41. The Balaban J connectivity index is 1.91. The third-order valence-electron chi connectivity index (χ3n) is 3.89. The molecule has 3 rings (SSSR count). The molecule has 14 heavy (non-hydrogen) atoms. The topological polar surface area (TPSA) is 43.8 Å². The van der Waals surface area contributed by atoms with Crippen LogP contribution in [0.25, 0.3) is 0 Å². The van der Waals surface area contributed by atoms with Crippen LogP contribution in [0.5, 0.6) is 0 Å². The third kappa shape index (κ3) is 1.08. The summed E-state index contributed by atoms with van der Waals surface area (Å²) in [5.74, 6) is 2.74. The first-order valence-electron chi connectivity index (χ1n) is 5.57. The van der Waals surface area contributed by atoms with Gasteiger partial charge in [0.15, 0.2) is 0 Å². The molecule has 3 heteroatoms. The number of rotatable bonds is 1. The molecule has 1 aromatic heterocycles. The van der Waals surface area contributed by atoms with E-state index in [4.69, 9.17) is 5.73 Å². The number of nitrogens with zero attached hydrogens (tertiary/aromatic N) is 2. The van der Waals surface area contributed by atoms with Crippen LogP contribution in [0.3, 0.4) is 0 Å². The third-order valence-corrected chi connectivity index (χ3v) is 3.89. The van der Waals surface area contributed by atoms with E-state index in [0.29, 0.717) is 6.04 Å². The Morgan fingerprint density at radius 2 is 2.36 bits per heavy atom. The summed E-state index contributed by atoms with van der Waals surface area (Å²) in [6.45, 7) is 2.03. The number of fused-ring (bicyclic) bond motifs is 1. The van der Waals surface area contributed by atoms with Crippen LogP contribution in [0.4, 0.5) is 5.82 Å². The van der Waals surface area contributed by atoms with E-state index in [0.717, 1.165) is 23.2 Å². The lowest BCUT2D eigenvalue weighted by molar-refractivity contribution is 0.313. The second-order valence-corrected chi connectivity index (χ2v) is 4.82. The van der Waals surface area contributed by atoms with Gasteiger partial charge in [0.1, 0.15) is 5.82 Å². The molecule has 2 saturated carbocycles. The maximum absolute atomic E-state index is 6.01. The standard InChI is InChI=1S/C11H17N3/c1-7-6-13-14(11(7)12)10-4-2-3-8-5-9(8)10/h6,8-10H,2-5,12H2,1H3. The molecule has 1 aromatic rings. The summed E-state index contributed by atoms with van der Waals surface area (Å²) in [6.07, 6.45) is 7.35. The average Bonchev–Trinajstić information content (AvgIpc) is 2.90. The maximum atomic E-state index is 6.01. The van der Waals surface area contributed by atoms with Crippen molar-refractivity contribution in [3.63, 3.8) is 0 Å². The van der Waals surface area contributed by atoms with E-state index in [1.165, 1.54) is 25.7 Å². The number of nitrogen functional groups attached to an aromatic ring is 1. The van der Waals surface area contributed by atoms with E-state index >= 15 is 0 Å². The molecule has 0 aliphatic heterocycles. The van der Waals surface area contributed by atoms with Crippen LogP contribution >= 0.6 is 0 Å². The normalized spacial score (nSPS) is 35.4. The van der Waals surface area contributed by atoms with E-state index in [1.807, 2.05) is 13.1 Å². The Hall–Kier alpha value is -0.990. The molecule has 3 atom stereocenters. The van der Waals surface area contributed by atoms with Gasteiger partial charge in [0.25, 0.3) is 0 Å². The van der Waals surface area contributed by atoms with Gasteiger partial charge in [-0.25, -0.2) is 4.68 Å². The van der Waals surface area contributed by atoms with Crippen molar-refractivity contribution in [1.82, 2.24) is 9.78 Å². The molecule has 0 bridgehead atoms. The van der Waals surface area contributed by atoms with Gasteiger partial charge in [-0.05, 0) is 31.6 Å². The highest BCUT2D eigenvalue weighted by Crippen LogP contribution is 2.55. The minimum atomic E-state index is 0.599. The summed E-state index contributed by atoms with van der Waals surface area (Å²) in [4.78, 5) is 0. The first kappa shape index (κ1) is 8.33. The molecule has 3 unspecified atom stereocenters. The summed E-state index contributed by atoms with van der Waals surface area (Å²) in [7, 11) is 0. The number of hydrogen-bond acceptors (Lipinski definition) is 2. The Labute approximate surface area is 84.3 Å². The van der Waals surface area contributed by atoms with Crippen molar-refractivity contribution < 1.29 is 0 Å². The van der Waals surface area contributed by atoms with Gasteiger partial charge in [0, 0.05) is 5.56 Å². The molecular formula is C11H17N3. The zero-order valence-electron chi connectivity index (χ0n) is 8.61. The van der Waals surface area contributed by atoms with E-state index in [-0.39, 0.29) is 0 Å². The fraction of sp³-hybridized carbons (Fsp3) is 0.727. The van der Waals surface area contributed by atoms with E-state index < -0.39 is 0 Å². The molecule has 0 radical (unpaired) electrons. The smallest absolute Gasteiger partial charge is 0.124 e. The van der Waals surface area contributed by atoms with Crippen molar-refractivity contribution in [2.24, 2.45) is 11.8 Å². The van der Waals surface area contributed by atoms with Crippen molar-refractivity contribution in [3.8, 4) is 0 Å². The minimum Gasteiger partial charge on any atom is -0.384 e. The van der Waals surface area contributed by atoms with Crippen molar-refractivity contribution >= 4 is 5.82 Å². The first-order chi connectivity index (χ1) is 6.77. The van der Waals surface area contributed by atoms with E-state index in [2.05, 4.69) is 9.78 Å². The zero-order valence-corrected chi connectivity index (χ0v) is 8.61. The van der Waals surface area contributed by atoms with Crippen LogP contribution < -0.4 is 5.73 Å². The number of nitrogens with two attached hydrogens (primary N) is 1. The summed E-state index contributed by atoms with van der Waals surface area (Å²) < 4.78 is 2.07. The van der Waals surface area contributed by atoms with Crippen molar-refractivity contribution in [1.29, 1.82) is 0 Å². The summed E-state index contributed by atoms with van der Waals surface area (Å²) >= 11 is 0. The molecular weight excluding hydrogens is 174 g/mol. The maximum Gasteiger partial charge on any atom is 0.124 e. The Bertz CT molecular complexity index is 355. The lowest BCUT2D eigenvalue weighted by atomic mass is 9.95. The van der Waals surface area contributed by atoms with E-state index in [1.54, 1.807) is 0 Å². The fourth-order valence-corrected chi connectivity index (χ4v) is 2.90. The first-order valence-corrected chi connectivity index (χ1v) is 5.57. The molecule has 0 saturated heterocycles. The van der Waals surface area contributed by atoms with Crippen LogP contribution in [0.1, 0.15) is 37.3 Å². The molecule has 2 aliphatic carbocycles. The molecule has 0 amide bonds. The van der Waals surface area contributed by atoms with Crippen molar-refractivity contribution in [3.05, 3.63) is 11.8 Å². The Morgan fingerprint density at radius 3 is 3.07 bits per heavy atom. The Kier molecular flexibility index (Phi) is 1.64. The highest BCUT2D eigenvalue weighted by Gasteiger charge is 2.46. The average molecular weight is 191 g/mol. The second-order valence-electron chi connectivity index (χ2n) is 4.82. The highest BCUT2D eigenvalue weighted by molar-refractivity contribution is 5.38. The van der Waals surface area contributed by atoms with Crippen LogP contribution in [0.15, 0.2) is 6.20 Å². The zero-order chi connectivity index (χ0) is 9.71. The van der Waals surface area contributed by atoms with Crippen LogP contribution in [0.2, 0.25) is 0 Å². The van der Waals surface area contributed by atoms with Gasteiger partial charge >= 0.3 is 0 Å². The predicted molar refractivity (Wildman–Crippen MR) is 55.9 cm³/mol. The summed E-state index contributed by atoms with van der Waals surface area (Å²) in [6, 6.07) is 0.599. The largest absolute Gasteiger partial charge is 0.384 e. The highest BCUT2D eigenvalue weighted by atomic mass is 15.3. The van der Waals surface area contributed by atoms with Gasteiger partial charge < -0.3 is 5.73 Å². The van der Waals surface area contributed by atoms with Gasteiger partial charge in [0.2, 0.25) is 0 Å². The van der Waals surface area contributed by atoms with Crippen molar-refractivity contribution in [2.45, 2.75) is 38.6 Å². The number of aryl methyl sites for hydroxylation is 1. The van der Waals surface area contributed by atoms with Crippen LogP contribution in [-0.4, -0.2) is 9.78 Å². The molecule has 0 spiro atoms. The summed E-state index contributed by atoms with van der Waals surface area (Å²) in [5.41, 5.74) is 7.13. The second kappa shape index (κ2) is 2.75. The molecule has 2 N–H and O–H groups in total. The number of hydrogen-bond donors (Lipinski definition) is 1. The molecule has 3 nitrogen and oxygen atoms in total. The fourth-order valence-electron chi connectivity index (χ4n) is 2.90. The van der Waals surface area contributed by atoms with E-state index in [9.17, 15) is 0 Å². The van der Waals surface area contributed by atoms with Crippen LogP contribution in [0, 0.1) is 18.8 Å². The molecule has 0 aromatic carbocycles. The van der Waals surface area contributed by atoms with Gasteiger partial charge in [-0.1, -0.05) is 12.8 Å². The molecule has 2 fully saturated rings. The van der Waals surface area contributed by atoms with Gasteiger partial charge in [0.05, 0.1) is 12.2 Å². The van der Waals surface area contributed by atoms with Crippen molar-refractivity contribution in [2.75, 3.05) is 5.73 Å². The lowest BCUT2D eigenvalue weighted by Crippen LogP contribution is -2.18. The molecule has 76 valence electrons. The van der Waals surface area contributed by atoms with Gasteiger partial charge in [-0.3, -0.25) is 0 Å². The lowest BCUT2D eigenvalue weighted by Gasteiger charge is -2.22. The minimum absolute atomic E-state index is 0.599. The number of aromatic nitrogens is 2. The SMILES string of the molecule is Cc1cnn(C2CCCC3CC32)c1N. The number of anilines is 1. The van der Waals surface area contributed by atoms with Gasteiger partial charge in [-0.15, -0.1) is 0 Å². The predicted octanol–water partition coefficient (Wildman–Crippen LogP) is 2.13. The monoisotopic (exact) mass is 191 g/mol. The molecule has 1 heterocycles. The van der Waals surface area contributed by atoms with Gasteiger partial charge in [-0.2, -0.15) is 5.10 Å². The molecule has 2 aliphatic rings. The Morgan fingerprint density at radius 1 is 1.50 bits per heavy atom. The quantitative estimate of drug-likeness (QED) is 0.739.